The average molecular weight is 399 g/mol. The van der Waals surface area contributed by atoms with Crippen LogP contribution in [0.2, 0.25) is 5.02 Å². The van der Waals surface area contributed by atoms with E-state index in [2.05, 4.69) is 5.32 Å². The van der Waals surface area contributed by atoms with Gasteiger partial charge >= 0.3 is 0 Å². The lowest BCUT2D eigenvalue weighted by atomic mass is 10.2. The van der Waals surface area contributed by atoms with Crippen molar-refractivity contribution in [1.29, 1.82) is 0 Å². The summed E-state index contributed by atoms with van der Waals surface area (Å²) in [4.78, 5) is 12.3. The molecule has 0 aliphatic carbocycles. The monoisotopic (exact) mass is 398 g/mol. The number of hydrogen-bond donors (Lipinski definition) is 1. The van der Waals surface area contributed by atoms with Crippen molar-refractivity contribution >= 4 is 38.9 Å². The summed E-state index contributed by atoms with van der Waals surface area (Å²) in [7, 11) is -0.836. The highest BCUT2D eigenvalue weighted by Crippen LogP contribution is 2.33. The maximum atomic E-state index is 12.3. The van der Waals surface area contributed by atoms with E-state index in [1.807, 2.05) is 0 Å². The quantitative estimate of drug-likeness (QED) is 0.775. The molecule has 26 heavy (non-hydrogen) atoms. The van der Waals surface area contributed by atoms with Crippen LogP contribution >= 0.6 is 11.6 Å². The summed E-state index contributed by atoms with van der Waals surface area (Å²) in [5.74, 6) is 0.273. The molecule has 0 spiro atoms. The molecule has 0 bridgehead atoms. The van der Waals surface area contributed by atoms with Crippen LogP contribution in [-0.4, -0.2) is 41.3 Å². The van der Waals surface area contributed by atoms with Crippen LogP contribution in [0, 0.1) is 0 Å². The molecule has 0 atom stereocenters. The number of sulfonamides is 1. The van der Waals surface area contributed by atoms with E-state index in [1.165, 1.54) is 20.3 Å². The number of nitrogens with zero attached hydrogens (tertiary/aromatic N) is 1. The molecule has 0 aliphatic rings. The highest BCUT2D eigenvalue weighted by atomic mass is 35.5. The lowest BCUT2D eigenvalue weighted by Crippen LogP contribution is -2.37. The van der Waals surface area contributed by atoms with Crippen LogP contribution in [0.4, 0.5) is 11.4 Å². The van der Waals surface area contributed by atoms with E-state index < -0.39 is 22.5 Å². The molecule has 0 fully saturated rings. The minimum absolute atomic E-state index is 0.238. The molecule has 0 radical (unpaired) electrons. The summed E-state index contributed by atoms with van der Waals surface area (Å²) in [6.07, 6.45) is 1.02. The number of nitrogens with one attached hydrogen (secondary N) is 1. The van der Waals surface area contributed by atoms with Gasteiger partial charge < -0.3 is 14.8 Å². The van der Waals surface area contributed by atoms with Crippen molar-refractivity contribution in [3.63, 3.8) is 0 Å². The van der Waals surface area contributed by atoms with Crippen molar-refractivity contribution < 1.29 is 22.7 Å². The van der Waals surface area contributed by atoms with Crippen LogP contribution in [0.5, 0.6) is 11.5 Å². The number of rotatable bonds is 7. The zero-order valence-electron chi connectivity index (χ0n) is 14.5. The minimum Gasteiger partial charge on any atom is -0.497 e. The van der Waals surface area contributed by atoms with E-state index in [0.717, 1.165) is 10.6 Å². The SMILES string of the molecule is COc1ccc(N(CC(=O)Nc2ccc(Cl)cc2)S(C)(=O)=O)c(OC)c1. The number of carbonyl (C=O) groups is 1. The van der Waals surface area contributed by atoms with Crippen molar-refractivity contribution in [2.45, 2.75) is 0 Å². The predicted molar refractivity (Wildman–Crippen MR) is 102 cm³/mol. The van der Waals surface area contributed by atoms with Gasteiger partial charge in [0.05, 0.1) is 26.2 Å². The fraction of sp³-hybridized carbons (Fsp3) is 0.235. The molecule has 2 aromatic rings. The third kappa shape index (κ3) is 5.03. The number of amides is 1. The van der Waals surface area contributed by atoms with Gasteiger partial charge in [0.2, 0.25) is 15.9 Å². The second-order valence-corrected chi connectivity index (χ2v) is 7.71. The summed E-state index contributed by atoms with van der Waals surface area (Å²) >= 11 is 5.81. The minimum atomic E-state index is -3.73. The molecule has 2 rings (SSSR count). The van der Waals surface area contributed by atoms with Crippen LogP contribution in [0.15, 0.2) is 42.5 Å². The van der Waals surface area contributed by atoms with Gasteiger partial charge in [-0.25, -0.2) is 8.42 Å². The number of benzene rings is 2. The normalized spacial score (nSPS) is 10.9. The maximum Gasteiger partial charge on any atom is 0.245 e. The van der Waals surface area contributed by atoms with E-state index in [4.69, 9.17) is 21.1 Å². The number of anilines is 2. The van der Waals surface area contributed by atoms with E-state index >= 15 is 0 Å². The fourth-order valence-corrected chi connectivity index (χ4v) is 3.22. The molecule has 9 heteroatoms. The summed E-state index contributed by atoms with van der Waals surface area (Å²) in [6, 6.07) is 11.2. The smallest absolute Gasteiger partial charge is 0.245 e. The first kappa shape index (κ1) is 19.9. The Hall–Kier alpha value is -2.45. The highest BCUT2D eigenvalue weighted by molar-refractivity contribution is 7.92. The van der Waals surface area contributed by atoms with Gasteiger partial charge in [-0.1, -0.05) is 11.6 Å². The summed E-state index contributed by atoms with van der Waals surface area (Å²) in [5, 5.41) is 3.16. The van der Waals surface area contributed by atoms with Crippen LogP contribution in [0.3, 0.4) is 0 Å². The van der Waals surface area contributed by atoms with Gasteiger partial charge in [0.1, 0.15) is 18.0 Å². The first-order chi connectivity index (χ1) is 12.2. The zero-order valence-corrected chi connectivity index (χ0v) is 16.1. The van der Waals surface area contributed by atoms with Crippen molar-refractivity contribution in [3.8, 4) is 11.5 Å². The number of ether oxygens (including phenoxy) is 2. The molecule has 1 amide bonds. The molecule has 140 valence electrons. The van der Waals surface area contributed by atoms with Gasteiger partial charge in [-0.05, 0) is 36.4 Å². The molecule has 0 unspecified atom stereocenters. The maximum absolute atomic E-state index is 12.3. The number of methoxy groups -OCH3 is 2. The van der Waals surface area contributed by atoms with Gasteiger partial charge in [0.15, 0.2) is 0 Å². The molecule has 0 saturated heterocycles. The average Bonchev–Trinajstić information content (AvgIpc) is 2.60. The Morgan fingerprint density at radius 1 is 1.12 bits per heavy atom. The van der Waals surface area contributed by atoms with Gasteiger partial charge in [0.25, 0.3) is 0 Å². The zero-order chi connectivity index (χ0) is 19.3. The molecule has 0 heterocycles. The Kier molecular flexibility index (Phi) is 6.33. The van der Waals surface area contributed by atoms with Crippen LogP contribution in [0.1, 0.15) is 0 Å². The summed E-state index contributed by atoms with van der Waals surface area (Å²) < 4.78 is 35.8. The van der Waals surface area contributed by atoms with E-state index in [1.54, 1.807) is 36.4 Å². The predicted octanol–water partition coefficient (Wildman–Crippen LogP) is 2.76. The van der Waals surface area contributed by atoms with E-state index in [-0.39, 0.29) is 11.4 Å². The first-order valence-electron chi connectivity index (χ1n) is 7.49. The van der Waals surface area contributed by atoms with Gasteiger partial charge in [-0.2, -0.15) is 0 Å². The third-order valence-corrected chi connectivity index (χ3v) is 4.85. The van der Waals surface area contributed by atoms with Crippen LogP contribution < -0.4 is 19.1 Å². The van der Waals surface area contributed by atoms with Crippen LogP contribution in [0.25, 0.3) is 0 Å². The fourth-order valence-electron chi connectivity index (χ4n) is 2.24. The lowest BCUT2D eigenvalue weighted by molar-refractivity contribution is -0.114. The molecule has 0 saturated carbocycles. The first-order valence-corrected chi connectivity index (χ1v) is 9.72. The van der Waals surface area contributed by atoms with Gasteiger partial charge in [-0.15, -0.1) is 0 Å². The van der Waals surface area contributed by atoms with Crippen molar-refractivity contribution in [2.75, 3.05) is 36.6 Å². The van der Waals surface area contributed by atoms with Crippen molar-refractivity contribution in [3.05, 3.63) is 47.5 Å². The lowest BCUT2D eigenvalue weighted by Gasteiger charge is -2.24. The number of hydrogen-bond acceptors (Lipinski definition) is 5. The standard InChI is InChI=1S/C17H19ClN2O5S/c1-24-14-8-9-15(16(10-14)25-2)20(26(3,22)23)11-17(21)19-13-6-4-12(18)5-7-13/h4-10H,11H2,1-3H3,(H,19,21). The second-order valence-electron chi connectivity index (χ2n) is 5.36. The molecule has 7 nitrogen and oxygen atoms in total. The molecule has 0 aromatic heterocycles. The Morgan fingerprint density at radius 3 is 2.31 bits per heavy atom. The van der Waals surface area contributed by atoms with Crippen molar-refractivity contribution in [2.24, 2.45) is 0 Å². The Bertz CT molecular complexity index is 885. The Morgan fingerprint density at radius 2 is 1.77 bits per heavy atom. The number of carbonyl (C=O) groups excluding carboxylic acids is 1. The summed E-state index contributed by atoms with van der Waals surface area (Å²) in [5.41, 5.74) is 0.747. The Balaban J connectivity index is 2.28. The van der Waals surface area contributed by atoms with Crippen LogP contribution in [-0.2, 0) is 14.8 Å². The van der Waals surface area contributed by atoms with Gasteiger partial charge in [0, 0.05) is 16.8 Å². The highest BCUT2D eigenvalue weighted by Gasteiger charge is 2.24. The van der Waals surface area contributed by atoms with Crippen molar-refractivity contribution in [1.82, 2.24) is 0 Å². The molecule has 0 aliphatic heterocycles. The van der Waals surface area contributed by atoms with Gasteiger partial charge in [-0.3, -0.25) is 9.10 Å². The third-order valence-electron chi connectivity index (χ3n) is 3.47. The Labute approximate surface area is 157 Å². The topological polar surface area (TPSA) is 84.9 Å². The second kappa shape index (κ2) is 8.29. The molecule has 1 N–H and O–H groups in total. The summed E-state index contributed by atoms with van der Waals surface area (Å²) in [6.45, 7) is -0.413. The van der Waals surface area contributed by atoms with E-state index in [9.17, 15) is 13.2 Å². The molecule has 2 aromatic carbocycles. The van der Waals surface area contributed by atoms with E-state index in [0.29, 0.717) is 16.5 Å². The molecular formula is C17H19ClN2O5S. The largest absolute Gasteiger partial charge is 0.497 e. The number of halogens is 1. The molecular weight excluding hydrogens is 380 g/mol.